The molecule has 4 nitrogen and oxygen atoms in total. The maximum Gasteiger partial charge on any atom is 0.306 e. The summed E-state index contributed by atoms with van der Waals surface area (Å²) in [6, 6.07) is 7.88. The molecule has 0 saturated carbocycles. The van der Waals surface area contributed by atoms with E-state index in [2.05, 4.69) is 4.90 Å². The molecule has 1 aromatic carbocycles. The molecule has 0 radical (unpaired) electrons. The van der Waals surface area contributed by atoms with Crippen molar-refractivity contribution in [2.75, 3.05) is 25.1 Å². The predicted octanol–water partition coefficient (Wildman–Crippen LogP) is 2.00. The molecule has 92 valence electrons. The second-order valence-corrected chi connectivity index (χ2v) is 4.30. The number of benzene rings is 1. The van der Waals surface area contributed by atoms with Crippen molar-refractivity contribution >= 4 is 11.7 Å². The number of ether oxygens (including phenoxy) is 1. The monoisotopic (exact) mass is 235 g/mol. The van der Waals surface area contributed by atoms with E-state index in [1.54, 1.807) is 7.11 Å². The SMILES string of the molecule is COc1cccc(N2CCC(C(=O)O)CC2)c1. The van der Waals surface area contributed by atoms with Crippen molar-refractivity contribution in [3.05, 3.63) is 24.3 Å². The van der Waals surface area contributed by atoms with E-state index < -0.39 is 5.97 Å². The third-order valence-electron chi connectivity index (χ3n) is 3.26. The third kappa shape index (κ3) is 2.70. The summed E-state index contributed by atoms with van der Waals surface area (Å²) >= 11 is 0. The van der Waals surface area contributed by atoms with Gasteiger partial charge >= 0.3 is 5.97 Å². The Balaban J connectivity index is 2.02. The van der Waals surface area contributed by atoms with Gasteiger partial charge in [0, 0.05) is 24.8 Å². The number of carbonyl (C=O) groups is 1. The minimum absolute atomic E-state index is 0.183. The Morgan fingerprint density at radius 2 is 2.12 bits per heavy atom. The molecular weight excluding hydrogens is 218 g/mol. The van der Waals surface area contributed by atoms with Crippen LogP contribution in [0.3, 0.4) is 0 Å². The van der Waals surface area contributed by atoms with Gasteiger partial charge in [0.25, 0.3) is 0 Å². The number of carboxylic acid groups (broad SMARTS) is 1. The van der Waals surface area contributed by atoms with E-state index in [1.165, 1.54) is 0 Å². The highest BCUT2D eigenvalue weighted by molar-refractivity contribution is 5.70. The summed E-state index contributed by atoms with van der Waals surface area (Å²) < 4.78 is 5.18. The van der Waals surface area contributed by atoms with Crippen LogP contribution in [0.2, 0.25) is 0 Å². The van der Waals surface area contributed by atoms with Gasteiger partial charge in [0.05, 0.1) is 13.0 Å². The Bertz CT molecular complexity index is 397. The predicted molar refractivity (Wildman–Crippen MR) is 65.6 cm³/mol. The molecule has 1 fully saturated rings. The first-order chi connectivity index (χ1) is 8.20. The molecule has 1 saturated heterocycles. The number of anilines is 1. The molecule has 1 N–H and O–H groups in total. The van der Waals surface area contributed by atoms with Crippen LogP contribution < -0.4 is 9.64 Å². The van der Waals surface area contributed by atoms with Crippen LogP contribution in [0.1, 0.15) is 12.8 Å². The van der Waals surface area contributed by atoms with Crippen LogP contribution in [-0.4, -0.2) is 31.3 Å². The van der Waals surface area contributed by atoms with Crippen LogP contribution in [0, 0.1) is 5.92 Å². The van der Waals surface area contributed by atoms with E-state index in [9.17, 15) is 4.79 Å². The van der Waals surface area contributed by atoms with Gasteiger partial charge in [-0.25, -0.2) is 0 Å². The topological polar surface area (TPSA) is 49.8 Å². The van der Waals surface area contributed by atoms with Gasteiger partial charge in [-0.2, -0.15) is 0 Å². The fraction of sp³-hybridized carbons (Fsp3) is 0.462. The number of rotatable bonds is 3. The van der Waals surface area contributed by atoms with Crippen molar-refractivity contribution in [2.24, 2.45) is 5.92 Å². The van der Waals surface area contributed by atoms with Crippen LogP contribution in [0.5, 0.6) is 5.75 Å². The maximum absolute atomic E-state index is 10.9. The Labute approximate surface area is 101 Å². The molecule has 0 unspecified atom stereocenters. The first-order valence-corrected chi connectivity index (χ1v) is 5.82. The molecule has 0 atom stereocenters. The molecule has 0 aliphatic carbocycles. The number of piperidine rings is 1. The molecule has 2 rings (SSSR count). The second-order valence-electron chi connectivity index (χ2n) is 4.30. The number of hydrogen-bond acceptors (Lipinski definition) is 3. The van der Waals surface area contributed by atoms with Gasteiger partial charge in [0.1, 0.15) is 5.75 Å². The van der Waals surface area contributed by atoms with E-state index >= 15 is 0 Å². The Morgan fingerprint density at radius 1 is 1.41 bits per heavy atom. The van der Waals surface area contributed by atoms with Crippen molar-refractivity contribution in [3.63, 3.8) is 0 Å². The summed E-state index contributed by atoms with van der Waals surface area (Å²) in [4.78, 5) is 13.1. The molecule has 0 bridgehead atoms. The first kappa shape index (κ1) is 11.8. The molecule has 1 aliphatic rings. The van der Waals surface area contributed by atoms with Gasteiger partial charge < -0.3 is 14.7 Å². The summed E-state index contributed by atoms with van der Waals surface area (Å²) in [7, 11) is 1.65. The average molecular weight is 235 g/mol. The van der Waals surface area contributed by atoms with E-state index in [1.807, 2.05) is 24.3 Å². The number of hydrogen-bond donors (Lipinski definition) is 1. The zero-order chi connectivity index (χ0) is 12.3. The van der Waals surface area contributed by atoms with Gasteiger partial charge in [-0.15, -0.1) is 0 Å². The lowest BCUT2D eigenvalue weighted by atomic mass is 9.97. The molecule has 4 heteroatoms. The highest BCUT2D eigenvalue weighted by atomic mass is 16.5. The largest absolute Gasteiger partial charge is 0.497 e. The first-order valence-electron chi connectivity index (χ1n) is 5.82. The molecule has 1 aliphatic heterocycles. The van der Waals surface area contributed by atoms with Crippen LogP contribution in [0.4, 0.5) is 5.69 Å². The molecule has 1 heterocycles. The van der Waals surface area contributed by atoms with Crippen LogP contribution in [0.15, 0.2) is 24.3 Å². The number of nitrogens with zero attached hydrogens (tertiary/aromatic N) is 1. The highest BCUT2D eigenvalue weighted by Gasteiger charge is 2.24. The van der Waals surface area contributed by atoms with E-state index in [-0.39, 0.29) is 5.92 Å². The minimum Gasteiger partial charge on any atom is -0.497 e. The minimum atomic E-state index is -0.671. The Kier molecular flexibility index (Phi) is 3.52. The zero-order valence-electron chi connectivity index (χ0n) is 9.93. The Morgan fingerprint density at radius 3 is 2.71 bits per heavy atom. The van der Waals surface area contributed by atoms with Gasteiger partial charge in [-0.05, 0) is 25.0 Å². The maximum atomic E-state index is 10.9. The standard InChI is InChI=1S/C13H17NO3/c1-17-12-4-2-3-11(9-12)14-7-5-10(6-8-14)13(15)16/h2-4,9-10H,5-8H2,1H3,(H,15,16). The lowest BCUT2D eigenvalue weighted by molar-refractivity contribution is -0.142. The zero-order valence-corrected chi connectivity index (χ0v) is 9.93. The Hall–Kier alpha value is -1.71. The van der Waals surface area contributed by atoms with Crippen LogP contribution in [0.25, 0.3) is 0 Å². The van der Waals surface area contributed by atoms with Crippen molar-refractivity contribution in [1.82, 2.24) is 0 Å². The summed E-state index contributed by atoms with van der Waals surface area (Å²) in [6.07, 6.45) is 1.43. The third-order valence-corrected chi connectivity index (χ3v) is 3.26. The van der Waals surface area contributed by atoms with Crippen molar-refractivity contribution in [2.45, 2.75) is 12.8 Å². The summed E-state index contributed by atoms with van der Waals surface area (Å²) in [5.74, 6) is -0.0185. The highest BCUT2D eigenvalue weighted by Crippen LogP contribution is 2.26. The lowest BCUT2D eigenvalue weighted by Gasteiger charge is -2.32. The number of methoxy groups -OCH3 is 1. The van der Waals surface area contributed by atoms with Crippen molar-refractivity contribution in [1.29, 1.82) is 0 Å². The van der Waals surface area contributed by atoms with Crippen LogP contribution >= 0.6 is 0 Å². The normalized spacial score (nSPS) is 16.9. The molecule has 0 aromatic heterocycles. The van der Waals surface area contributed by atoms with Gasteiger partial charge in [0.2, 0.25) is 0 Å². The summed E-state index contributed by atoms with van der Waals surface area (Å²) in [5.41, 5.74) is 1.10. The second kappa shape index (κ2) is 5.08. The van der Waals surface area contributed by atoms with Gasteiger partial charge in [0.15, 0.2) is 0 Å². The molecule has 0 spiro atoms. The summed E-state index contributed by atoms with van der Waals surface area (Å²) in [6.45, 7) is 1.59. The molecule has 0 amide bonds. The molecule has 17 heavy (non-hydrogen) atoms. The van der Waals surface area contributed by atoms with Crippen molar-refractivity contribution in [3.8, 4) is 5.75 Å². The molecular formula is C13H17NO3. The van der Waals surface area contributed by atoms with E-state index in [0.717, 1.165) is 24.5 Å². The quantitative estimate of drug-likeness (QED) is 0.870. The van der Waals surface area contributed by atoms with Gasteiger partial charge in [-0.3, -0.25) is 4.79 Å². The van der Waals surface area contributed by atoms with Crippen LogP contribution in [-0.2, 0) is 4.79 Å². The fourth-order valence-electron chi connectivity index (χ4n) is 2.19. The molecule has 1 aromatic rings. The average Bonchev–Trinajstić information content (AvgIpc) is 2.39. The van der Waals surface area contributed by atoms with E-state index in [4.69, 9.17) is 9.84 Å². The lowest BCUT2D eigenvalue weighted by Crippen LogP contribution is -2.36. The van der Waals surface area contributed by atoms with Crippen molar-refractivity contribution < 1.29 is 14.6 Å². The summed E-state index contributed by atoms with van der Waals surface area (Å²) in [5, 5.41) is 8.94. The van der Waals surface area contributed by atoms with E-state index in [0.29, 0.717) is 12.8 Å². The fourth-order valence-corrected chi connectivity index (χ4v) is 2.19. The number of aliphatic carboxylic acids is 1. The number of carboxylic acids is 1. The smallest absolute Gasteiger partial charge is 0.306 e. The van der Waals surface area contributed by atoms with Gasteiger partial charge in [-0.1, -0.05) is 6.07 Å².